The normalized spacial score (nSPS) is 24.6. The van der Waals surface area contributed by atoms with Crippen LogP contribution >= 0.6 is 0 Å². The molecule has 1 saturated heterocycles. The van der Waals surface area contributed by atoms with Crippen LogP contribution in [0.15, 0.2) is 0 Å². The fraction of sp³-hybridized carbons (Fsp3) is 1.00. The predicted octanol–water partition coefficient (Wildman–Crippen LogP) is 2.11. The van der Waals surface area contributed by atoms with E-state index in [9.17, 15) is 0 Å². The molecule has 0 spiro atoms. The summed E-state index contributed by atoms with van der Waals surface area (Å²) in [7, 11) is 0. The molecule has 1 aliphatic heterocycles. The van der Waals surface area contributed by atoms with E-state index in [1.54, 1.807) is 0 Å². The number of nitrogens with one attached hydrogen (secondary N) is 1. The minimum absolute atomic E-state index is 0.967. The molecule has 0 amide bonds. The molecule has 2 rings (SSSR count). The summed E-state index contributed by atoms with van der Waals surface area (Å²) in [5.74, 6) is 2.00. The van der Waals surface area contributed by atoms with Gasteiger partial charge >= 0.3 is 0 Å². The SMILES string of the molecule is CC1CCN(CCCNCC2CC2)CC1. The molecule has 2 aliphatic rings. The van der Waals surface area contributed by atoms with Crippen molar-refractivity contribution in [2.75, 3.05) is 32.7 Å². The standard InChI is InChI=1S/C13H26N2/c1-12-5-9-15(10-6-12)8-2-7-14-11-13-3-4-13/h12-14H,2-11H2,1H3. The Balaban J connectivity index is 1.43. The smallest absolute Gasteiger partial charge is 0.000664 e. The molecule has 0 bridgehead atoms. The number of hydrogen-bond donors (Lipinski definition) is 1. The Morgan fingerprint density at radius 3 is 2.53 bits per heavy atom. The highest BCUT2D eigenvalue weighted by molar-refractivity contribution is 4.75. The van der Waals surface area contributed by atoms with Gasteiger partial charge in [-0.15, -0.1) is 0 Å². The second-order valence-electron chi connectivity index (χ2n) is 5.53. The Hall–Kier alpha value is -0.0800. The monoisotopic (exact) mass is 210 g/mol. The van der Waals surface area contributed by atoms with Gasteiger partial charge in [-0.3, -0.25) is 0 Å². The number of rotatable bonds is 6. The van der Waals surface area contributed by atoms with Gasteiger partial charge < -0.3 is 10.2 Å². The molecule has 2 fully saturated rings. The quantitative estimate of drug-likeness (QED) is 0.676. The fourth-order valence-corrected chi connectivity index (χ4v) is 2.34. The number of hydrogen-bond acceptors (Lipinski definition) is 2. The van der Waals surface area contributed by atoms with Crippen LogP contribution in [0.1, 0.15) is 39.0 Å². The molecule has 0 aromatic heterocycles. The summed E-state index contributed by atoms with van der Waals surface area (Å²) < 4.78 is 0. The molecule has 1 aliphatic carbocycles. The van der Waals surface area contributed by atoms with Crippen molar-refractivity contribution in [2.45, 2.75) is 39.0 Å². The van der Waals surface area contributed by atoms with Gasteiger partial charge in [-0.2, -0.15) is 0 Å². The van der Waals surface area contributed by atoms with Crippen molar-refractivity contribution < 1.29 is 0 Å². The van der Waals surface area contributed by atoms with Gasteiger partial charge in [0.05, 0.1) is 0 Å². The van der Waals surface area contributed by atoms with Crippen molar-refractivity contribution in [3.8, 4) is 0 Å². The van der Waals surface area contributed by atoms with Crippen molar-refractivity contribution >= 4 is 0 Å². The van der Waals surface area contributed by atoms with Crippen LogP contribution in [0, 0.1) is 11.8 Å². The summed E-state index contributed by atoms with van der Waals surface area (Å²) in [5.41, 5.74) is 0. The molecule has 1 N–H and O–H groups in total. The van der Waals surface area contributed by atoms with Gasteiger partial charge in [0, 0.05) is 0 Å². The molecule has 0 aromatic carbocycles. The summed E-state index contributed by atoms with van der Waals surface area (Å²) in [4.78, 5) is 2.64. The van der Waals surface area contributed by atoms with E-state index in [1.807, 2.05) is 0 Å². The molecule has 0 radical (unpaired) electrons. The Bertz CT molecular complexity index is 169. The lowest BCUT2D eigenvalue weighted by Crippen LogP contribution is -2.34. The number of likely N-dealkylation sites (tertiary alicyclic amines) is 1. The van der Waals surface area contributed by atoms with Gasteiger partial charge in [-0.1, -0.05) is 6.92 Å². The summed E-state index contributed by atoms with van der Waals surface area (Å²) in [6.45, 7) is 8.87. The van der Waals surface area contributed by atoms with E-state index < -0.39 is 0 Å². The summed E-state index contributed by atoms with van der Waals surface area (Å²) in [5, 5.41) is 3.57. The van der Waals surface area contributed by atoms with E-state index >= 15 is 0 Å². The molecular weight excluding hydrogens is 184 g/mol. The second kappa shape index (κ2) is 5.86. The first-order chi connectivity index (χ1) is 7.34. The zero-order chi connectivity index (χ0) is 10.5. The van der Waals surface area contributed by atoms with Crippen LogP contribution in [0.4, 0.5) is 0 Å². The van der Waals surface area contributed by atoms with Crippen molar-refractivity contribution in [2.24, 2.45) is 11.8 Å². The van der Waals surface area contributed by atoms with Crippen LogP contribution in [0.5, 0.6) is 0 Å². The lowest BCUT2D eigenvalue weighted by molar-refractivity contribution is 0.190. The van der Waals surface area contributed by atoms with E-state index in [2.05, 4.69) is 17.1 Å². The Morgan fingerprint density at radius 1 is 1.13 bits per heavy atom. The lowest BCUT2D eigenvalue weighted by Gasteiger charge is -2.30. The zero-order valence-corrected chi connectivity index (χ0v) is 10.2. The van der Waals surface area contributed by atoms with Crippen LogP contribution in [-0.2, 0) is 0 Å². The highest BCUT2D eigenvalue weighted by Gasteiger charge is 2.20. The fourth-order valence-electron chi connectivity index (χ4n) is 2.34. The summed E-state index contributed by atoms with van der Waals surface area (Å²) >= 11 is 0. The largest absolute Gasteiger partial charge is 0.316 e. The average molecular weight is 210 g/mol. The molecule has 2 nitrogen and oxygen atoms in total. The molecule has 2 heteroatoms. The summed E-state index contributed by atoms with van der Waals surface area (Å²) in [6, 6.07) is 0. The maximum atomic E-state index is 3.57. The first kappa shape index (κ1) is 11.4. The maximum Gasteiger partial charge on any atom is -0.000664 e. The van der Waals surface area contributed by atoms with Crippen LogP contribution in [-0.4, -0.2) is 37.6 Å². The minimum atomic E-state index is 0.967. The molecule has 1 heterocycles. The Kier molecular flexibility index (Phi) is 4.45. The van der Waals surface area contributed by atoms with E-state index in [4.69, 9.17) is 0 Å². The first-order valence-electron chi connectivity index (χ1n) is 6.77. The van der Waals surface area contributed by atoms with Crippen molar-refractivity contribution in [1.29, 1.82) is 0 Å². The van der Waals surface area contributed by atoms with Gasteiger partial charge in [0.1, 0.15) is 0 Å². The average Bonchev–Trinajstić information content (AvgIpc) is 3.04. The molecular formula is C13H26N2. The maximum absolute atomic E-state index is 3.57. The van der Waals surface area contributed by atoms with Crippen LogP contribution in [0.2, 0.25) is 0 Å². The molecule has 0 atom stereocenters. The van der Waals surface area contributed by atoms with E-state index in [-0.39, 0.29) is 0 Å². The molecule has 15 heavy (non-hydrogen) atoms. The third-order valence-electron chi connectivity index (χ3n) is 3.83. The van der Waals surface area contributed by atoms with Crippen molar-refractivity contribution in [3.63, 3.8) is 0 Å². The number of nitrogens with zero attached hydrogens (tertiary/aromatic N) is 1. The molecule has 1 saturated carbocycles. The molecule has 0 unspecified atom stereocenters. The third kappa shape index (κ3) is 4.52. The van der Waals surface area contributed by atoms with Gasteiger partial charge in [0.2, 0.25) is 0 Å². The number of piperidine rings is 1. The lowest BCUT2D eigenvalue weighted by atomic mass is 9.99. The zero-order valence-electron chi connectivity index (χ0n) is 10.2. The molecule has 0 aromatic rings. The highest BCUT2D eigenvalue weighted by Crippen LogP contribution is 2.27. The van der Waals surface area contributed by atoms with Crippen molar-refractivity contribution in [1.82, 2.24) is 10.2 Å². The van der Waals surface area contributed by atoms with Crippen LogP contribution in [0.3, 0.4) is 0 Å². The van der Waals surface area contributed by atoms with Gasteiger partial charge in [0.25, 0.3) is 0 Å². The first-order valence-corrected chi connectivity index (χ1v) is 6.77. The molecule has 88 valence electrons. The van der Waals surface area contributed by atoms with Crippen LogP contribution < -0.4 is 5.32 Å². The topological polar surface area (TPSA) is 15.3 Å². The van der Waals surface area contributed by atoms with Gasteiger partial charge in [0.15, 0.2) is 0 Å². The third-order valence-corrected chi connectivity index (χ3v) is 3.83. The van der Waals surface area contributed by atoms with Gasteiger partial charge in [-0.25, -0.2) is 0 Å². The highest BCUT2D eigenvalue weighted by atomic mass is 15.1. The Labute approximate surface area is 94.4 Å². The van der Waals surface area contributed by atoms with E-state index in [0.29, 0.717) is 0 Å². The van der Waals surface area contributed by atoms with Crippen molar-refractivity contribution in [3.05, 3.63) is 0 Å². The minimum Gasteiger partial charge on any atom is -0.316 e. The predicted molar refractivity (Wildman–Crippen MR) is 65.0 cm³/mol. The Morgan fingerprint density at radius 2 is 1.87 bits per heavy atom. The second-order valence-corrected chi connectivity index (χ2v) is 5.53. The summed E-state index contributed by atoms with van der Waals surface area (Å²) in [6.07, 6.45) is 7.10. The van der Waals surface area contributed by atoms with Crippen LogP contribution in [0.25, 0.3) is 0 Å². The van der Waals surface area contributed by atoms with Gasteiger partial charge in [-0.05, 0) is 76.7 Å². The van der Waals surface area contributed by atoms with E-state index in [1.165, 1.54) is 64.8 Å². The van der Waals surface area contributed by atoms with E-state index in [0.717, 1.165) is 11.8 Å².